The first kappa shape index (κ1) is 26.0. The highest BCUT2D eigenvalue weighted by atomic mass is 79.9. The Hall–Kier alpha value is -4.10. The Balaban J connectivity index is 1.63. The van der Waals surface area contributed by atoms with E-state index in [4.69, 9.17) is 0 Å². The monoisotopic (exact) mass is 566 g/mol. The molecule has 4 aromatic rings. The van der Waals surface area contributed by atoms with Crippen LogP contribution in [-0.4, -0.2) is 25.6 Å². The molecule has 0 bridgehead atoms. The lowest BCUT2D eigenvalue weighted by atomic mass is 10.1. The summed E-state index contributed by atoms with van der Waals surface area (Å²) in [5, 5.41) is 4.30. The zero-order valence-corrected chi connectivity index (χ0v) is 22.5. The molecule has 0 spiro atoms. The molecule has 0 saturated heterocycles. The van der Waals surface area contributed by atoms with Crippen LogP contribution in [0.25, 0.3) is 0 Å². The van der Waals surface area contributed by atoms with Crippen LogP contribution in [-0.2, 0) is 10.0 Å². The lowest BCUT2D eigenvalue weighted by Gasteiger charge is -2.16. The van der Waals surface area contributed by atoms with Gasteiger partial charge in [0, 0.05) is 21.2 Å². The topological polar surface area (TPSA) is 49.7 Å². The van der Waals surface area contributed by atoms with Gasteiger partial charge in [-0.05, 0) is 61.0 Å². The molecule has 4 rings (SSSR count). The Morgan fingerprint density at radius 1 is 0.784 bits per heavy atom. The predicted octanol–water partition coefficient (Wildman–Crippen LogP) is 6.23. The number of halogens is 1. The standard InChI is InChI=1S/C31H23BrN2O2S/c1-25-13-21-31(22-14-25)37(35,36)34(33-24-27-16-19-30(32)20-17-27)23-7-12-28-10-5-6-11-29(28)18-15-26-8-3-2-4-9-26/h2-6,8-11,13-14,16-17,19-22,24H,23H2,1H3/b33-24+. The molecular weight excluding hydrogens is 544 g/mol. The third-order valence-corrected chi connectivity index (χ3v) is 7.46. The predicted molar refractivity (Wildman–Crippen MR) is 153 cm³/mol. The number of nitrogens with zero attached hydrogens (tertiary/aromatic N) is 2. The minimum atomic E-state index is -3.91. The van der Waals surface area contributed by atoms with Gasteiger partial charge in [-0.25, -0.2) is 0 Å². The number of rotatable bonds is 5. The van der Waals surface area contributed by atoms with Crippen LogP contribution in [0.3, 0.4) is 0 Å². The summed E-state index contributed by atoms with van der Waals surface area (Å²) in [7, 11) is -3.91. The van der Waals surface area contributed by atoms with Gasteiger partial charge in [0.15, 0.2) is 0 Å². The lowest BCUT2D eigenvalue weighted by molar-refractivity contribution is 0.468. The van der Waals surface area contributed by atoms with E-state index in [1.807, 2.05) is 85.8 Å². The van der Waals surface area contributed by atoms with Gasteiger partial charge in [0.2, 0.25) is 0 Å². The van der Waals surface area contributed by atoms with Gasteiger partial charge in [0.25, 0.3) is 10.0 Å². The van der Waals surface area contributed by atoms with E-state index in [0.29, 0.717) is 0 Å². The number of hydrazone groups is 1. The minimum Gasteiger partial charge on any atom is -0.200 e. The van der Waals surface area contributed by atoms with Crippen LogP contribution in [0, 0.1) is 30.6 Å². The minimum absolute atomic E-state index is 0.121. The molecule has 37 heavy (non-hydrogen) atoms. The highest BCUT2D eigenvalue weighted by Gasteiger charge is 2.22. The molecular formula is C31H23BrN2O2S. The van der Waals surface area contributed by atoms with E-state index >= 15 is 0 Å². The summed E-state index contributed by atoms with van der Waals surface area (Å²) in [6.45, 7) is 1.78. The van der Waals surface area contributed by atoms with Crippen molar-refractivity contribution in [2.75, 3.05) is 6.54 Å². The first-order valence-corrected chi connectivity index (χ1v) is 13.7. The fourth-order valence-electron chi connectivity index (χ4n) is 3.26. The van der Waals surface area contributed by atoms with Crippen LogP contribution in [0.2, 0.25) is 0 Å². The summed E-state index contributed by atoms with van der Waals surface area (Å²) < 4.78 is 28.7. The maximum Gasteiger partial charge on any atom is 0.279 e. The largest absolute Gasteiger partial charge is 0.279 e. The molecule has 0 unspecified atom stereocenters. The lowest BCUT2D eigenvalue weighted by Crippen LogP contribution is -2.27. The summed E-state index contributed by atoms with van der Waals surface area (Å²) in [6, 6.07) is 31.4. The smallest absolute Gasteiger partial charge is 0.200 e. The van der Waals surface area contributed by atoms with Gasteiger partial charge < -0.3 is 0 Å². The summed E-state index contributed by atoms with van der Waals surface area (Å²) in [6.07, 6.45) is 1.51. The van der Waals surface area contributed by atoms with Crippen LogP contribution < -0.4 is 0 Å². The molecule has 4 aromatic carbocycles. The molecule has 0 aliphatic carbocycles. The van der Waals surface area contributed by atoms with E-state index in [1.54, 1.807) is 24.3 Å². The number of hydrogen-bond donors (Lipinski definition) is 0. The molecule has 0 saturated carbocycles. The van der Waals surface area contributed by atoms with E-state index < -0.39 is 10.0 Å². The van der Waals surface area contributed by atoms with E-state index in [9.17, 15) is 8.42 Å². The second-order valence-corrected chi connectivity index (χ2v) is 10.8. The van der Waals surface area contributed by atoms with Crippen molar-refractivity contribution in [3.8, 4) is 23.7 Å². The maximum absolute atomic E-state index is 13.4. The Bertz CT molecular complexity index is 1620. The Kier molecular flexibility index (Phi) is 8.59. The fraction of sp³-hybridized carbons (Fsp3) is 0.0645. The third-order valence-electron chi connectivity index (χ3n) is 5.28. The van der Waals surface area contributed by atoms with Gasteiger partial charge in [-0.2, -0.15) is 17.9 Å². The van der Waals surface area contributed by atoms with Gasteiger partial charge in [-0.3, -0.25) is 0 Å². The number of aryl methyl sites for hydroxylation is 1. The molecule has 0 amide bonds. The van der Waals surface area contributed by atoms with Crippen LogP contribution in [0.4, 0.5) is 0 Å². The zero-order chi connectivity index (χ0) is 26.1. The summed E-state index contributed by atoms with van der Waals surface area (Å²) >= 11 is 3.40. The summed E-state index contributed by atoms with van der Waals surface area (Å²) in [5.74, 6) is 12.4. The van der Waals surface area contributed by atoms with Gasteiger partial charge in [-0.15, -0.1) is 0 Å². The first-order valence-electron chi connectivity index (χ1n) is 11.5. The van der Waals surface area contributed by atoms with Crippen molar-refractivity contribution in [1.82, 2.24) is 4.41 Å². The van der Waals surface area contributed by atoms with Crippen molar-refractivity contribution in [2.45, 2.75) is 11.8 Å². The van der Waals surface area contributed by atoms with Crippen molar-refractivity contribution >= 4 is 32.2 Å². The normalized spacial score (nSPS) is 10.8. The van der Waals surface area contributed by atoms with Crippen LogP contribution >= 0.6 is 15.9 Å². The number of benzene rings is 4. The average molecular weight is 568 g/mol. The molecule has 4 nitrogen and oxygen atoms in total. The highest BCUT2D eigenvalue weighted by molar-refractivity contribution is 9.10. The van der Waals surface area contributed by atoms with Crippen LogP contribution in [0.5, 0.6) is 0 Å². The summed E-state index contributed by atoms with van der Waals surface area (Å²) in [5.41, 5.74) is 4.13. The van der Waals surface area contributed by atoms with Gasteiger partial charge >= 0.3 is 0 Å². The average Bonchev–Trinajstić information content (AvgIpc) is 2.91. The van der Waals surface area contributed by atoms with Crippen molar-refractivity contribution in [3.05, 3.63) is 135 Å². The molecule has 0 fully saturated rings. The van der Waals surface area contributed by atoms with Crippen molar-refractivity contribution in [2.24, 2.45) is 5.10 Å². The highest BCUT2D eigenvalue weighted by Crippen LogP contribution is 2.17. The quantitative estimate of drug-likeness (QED) is 0.163. The van der Waals surface area contributed by atoms with E-state index in [1.165, 1.54) is 6.21 Å². The molecule has 6 heteroatoms. The first-order chi connectivity index (χ1) is 17.9. The van der Waals surface area contributed by atoms with Gasteiger partial charge in [-0.1, -0.05) is 99.8 Å². The van der Waals surface area contributed by atoms with E-state index in [-0.39, 0.29) is 11.4 Å². The second-order valence-electron chi connectivity index (χ2n) is 8.06. The van der Waals surface area contributed by atoms with Crippen molar-refractivity contribution in [1.29, 1.82) is 0 Å². The zero-order valence-electron chi connectivity index (χ0n) is 20.1. The number of hydrogen-bond acceptors (Lipinski definition) is 3. The molecule has 0 heterocycles. The maximum atomic E-state index is 13.4. The Morgan fingerprint density at radius 2 is 1.41 bits per heavy atom. The second kappa shape index (κ2) is 12.2. The van der Waals surface area contributed by atoms with Crippen LogP contribution in [0.15, 0.2) is 118 Å². The molecule has 0 aliphatic rings. The van der Waals surface area contributed by atoms with E-state index in [0.717, 1.165) is 36.7 Å². The van der Waals surface area contributed by atoms with E-state index in [2.05, 4.69) is 44.7 Å². The molecule has 182 valence electrons. The number of sulfonamides is 1. The molecule has 0 N–H and O–H groups in total. The Labute approximate surface area is 226 Å². The Morgan fingerprint density at radius 3 is 2.08 bits per heavy atom. The molecule has 0 aliphatic heterocycles. The van der Waals surface area contributed by atoms with Gasteiger partial charge in [0.05, 0.1) is 11.1 Å². The SMILES string of the molecule is Cc1ccc(S(=O)(=O)N(CC#Cc2ccccc2C#Cc2ccccc2)/N=C/c2ccc(Br)cc2)cc1. The summed E-state index contributed by atoms with van der Waals surface area (Å²) in [4.78, 5) is 0.155. The van der Waals surface area contributed by atoms with Crippen molar-refractivity contribution in [3.63, 3.8) is 0 Å². The van der Waals surface area contributed by atoms with Gasteiger partial charge in [0.1, 0.15) is 6.54 Å². The van der Waals surface area contributed by atoms with Crippen molar-refractivity contribution < 1.29 is 8.42 Å². The fourth-order valence-corrected chi connectivity index (χ4v) is 4.66. The molecule has 0 aromatic heterocycles. The molecule has 0 radical (unpaired) electrons. The third kappa shape index (κ3) is 7.21. The van der Waals surface area contributed by atoms with Crippen LogP contribution in [0.1, 0.15) is 27.8 Å². The molecule has 0 atom stereocenters.